The van der Waals surface area contributed by atoms with Crippen molar-refractivity contribution in [3.8, 4) is 0 Å². The fraction of sp³-hybridized carbons (Fsp3) is 0.556. The molecular formula is C18H24N2O3. The Morgan fingerprint density at radius 3 is 2.74 bits per heavy atom. The summed E-state index contributed by atoms with van der Waals surface area (Å²) in [7, 11) is 0. The van der Waals surface area contributed by atoms with Crippen molar-refractivity contribution in [2.75, 3.05) is 26.3 Å². The molecule has 2 aliphatic rings. The van der Waals surface area contributed by atoms with Gasteiger partial charge in [0.15, 0.2) is 0 Å². The van der Waals surface area contributed by atoms with Gasteiger partial charge in [-0.15, -0.1) is 0 Å². The van der Waals surface area contributed by atoms with Crippen molar-refractivity contribution >= 4 is 11.8 Å². The summed E-state index contributed by atoms with van der Waals surface area (Å²) < 4.78 is 5.33. The number of carbonyl (C=O) groups is 2. The first-order chi connectivity index (χ1) is 11.1. The Hall–Kier alpha value is -1.88. The molecule has 5 heteroatoms. The molecular weight excluding hydrogens is 292 g/mol. The standard InChI is InChI=1S/C18H24N2O3/c19-17(21)16-3-1-2-13(11-16)10-14-4-7-20(12-14)18(22)15-5-8-23-9-6-15/h1-3,11,14-15H,4-10,12H2,(H2,19,21). The van der Waals surface area contributed by atoms with Crippen LogP contribution in [-0.2, 0) is 16.0 Å². The van der Waals surface area contributed by atoms with Crippen LogP contribution in [0.3, 0.4) is 0 Å². The van der Waals surface area contributed by atoms with Crippen LogP contribution >= 0.6 is 0 Å². The number of amides is 2. The monoisotopic (exact) mass is 316 g/mol. The average Bonchev–Trinajstić information content (AvgIpc) is 3.03. The molecule has 0 radical (unpaired) electrons. The maximum absolute atomic E-state index is 12.6. The van der Waals surface area contributed by atoms with Crippen molar-refractivity contribution in [1.82, 2.24) is 4.90 Å². The molecule has 5 nitrogen and oxygen atoms in total. The second kappa shape index (κ2) is 7.13. The quantitative estimate of drug-likeness (QED) is 0.917. The first-order valence-electron chi connectivity index (χ1n) is 8.39. The number of rotatable bonds is 4. The number of likely N-dealkylation sites (tertiary alicyclic amines) is 1. The number of carbonyl (C=O) groups excluding carboxylic acids is 2. The Bertz CT molecular complexity index is 581. The van der Waals surface area contributed by atoms with Gasteiger partial charge in [-0.25, -0.2) is 0 Å². The van der Waals surface area contributed by atoms with E-state index in [1.807, 2.05) is 23.1 Å². The Kier molecular flexibility index (Phi) is 4.96. The summed E-state index contributed by atoms with van der Waals surface area (Å²) in [6.45, 7) is 3.06. The van der Waals surface area contributed by atoms with Crippen molar-refractivity contribution in [3.63, 3.8) is 0 Å². The molecule has 2 heterocycles. The van der Waals surface area contributed by atoms with Crippen molar-refractivity contribution in [3.05, 3.63) is 35.4 Å². The molecule has 124 valence electrons. The van der Waals surface area contributed by atoms with Crippen LogP contribution in [0.5, 0.6) is 0 Å². The van der Waals surface area contributed by atoms with E-state index in [2.05, 4.69) is 0 Å². The van der Waals surface area contributed by atoms with Gasteiger partial charge in [0.25, 0.3) is 0 Å². The van der Waals surface area contributed by atoms with Gasteiger partial charge in [0, 0.05) is 37.8 Å². The highest BCUT2D eigenvalue weighted by Crippen LogP contribution is 2.25. The maximum Gasteiger partial charge on any atom is 0.248 e. The SMILES string of the molecule is NC(=O)c1cccc(CC2CCN(C(=O)C3CCOCC3)C2)c1. The number of benzene rings is 1. The fourth-order valence-corrected chi connectivity index (χ4v) is 3.59. The molecule has 23 heavy (non-hydrogen) atoms. The molecule has 2 fully saturated rings. The molecule has 2 aliphatic heterocycles. The largest absolute Gasteiger partial charge is 0.381 e. The fourth-order valence-electron chi connectivity index (χ4n) is 3.59. The lowest BCUT2D eigenvalue weighted by Gasteiger charge is -2.26. The highest BCUT2D eigenvalue weighted by Gasteiger charge is 2.31. The van der Waals surface area contributed by atoms with E-state index in [-0.39, 0.29) is 5.92 Å². The lowest BCUT2D eigenvalue weighted by molar-refractivity contribution is -0.137. The Morgan fingerprint density at radius 1 is 1.22 bits per heavy atom. The number of ether oxygens (including phenoxy) is 1. The Balaban J connectivity index is 1.56. The van der Waals surface area contributed by atoms with Crippen LogP contribution in [0.15, 0.2) is 24.3 Å². The summed E-state index contributed by atoms with van der Waals surface area (Å²) in [5.74, 6) is 0.499. The van der Waals surface area contributed by atoms with E-state index >= 15 is 0 Å². The topological polar surface area (TPSA) is 72.6 Å². The van der Waals surface area contributed by atoms with Crippen LogP contribution in [0.1, 0.15) is 35.2 Å². The van der Waals surface area contributed by atoms with Crippen LogP contribution in [-0.4, -0.2) is 43.0 Å². The van der Waals surface area contributed by atoms with Gasteiger partial charge < -0.3 is 15.4 Å². The van der Waals surface area contributed by atoms with Crippen molar-refractivity contribution in [2.45, 2.75) is 25.7 Å². The zero-order chi connectivity index (χ0) is 16.2. The van der Waals surface area contributed by atoms with Crippen LogP contribution in [0, 0.1) is 11.8 Å². The minimum Gasteiger partial charge on any atom is -0.381 e. The molecule has 1 unspecified atom stereocenters. The highest BCUT2D eigenvalue weighted by atomic mass is 16.5. The van der Waals surface area contributed by atoms with Gasteiger partial charge in [0.05, 0.1) is 0 Å². The minimum absolute atomic E-state index is 0.140. The van der Waals surface area contributed by atoms with E-state index < -0.39 is 5.91 Å². The molecule has 2 N–H and O–H groups in total. The van der Waals surface area contributed by atoms with Gasteiger partial charge in [-0.1, -0.05) is 12.1 Å². The second-order valence-electron chi connectivity index (χ2n) is 6.59. The van der Waals surface area contributed by atoms with E-state index in [1.54, 1.807) is 6.07 Å². The minimum atomic E-state index is -0.394. The lowest BCUT2D eigenvalue weighted by atomic mass is 9.97. The third-order valence-electron chi connectivity index (χ3n) is 4.90. The van der Waals surface area contributed by atoms with Gasteiger partial charge in [-0.3, -0.25) is 9.59 Å². The van der Waals surface area contributed by atoms with Crippen molar-refractivity contribution < 1.29 is 14.3 Å². The first kappa shape index (κ1) is 16.0. The molecule has 1 aromatic carbocycles. The summed E-state index contributed by atoms with van der Waals surface area (Å²) in [5, 5.41) is 0. The molecule has 2 saturated heterocycles. The normalized spacial score (nSPS) is 22.3. The van der Waals surface area contributed by atoms with Crippen LogP contribution in [0.2, 0.25) is 0 Å². The zero-order valence-corrected chi connectivity index (χ0v) is 13.4. The predicted molar refractivity (Wildman–Crippen MR) is 86.9 cm³/mol. The lowest BCUT2D eigenvalue weighted by Crippen LogP contribution is -2.37. The summed E-state index contributed by atoms with van der Waals surface area (Å²) in [6, 6.07) is 7.50. The summed E-state index contributed by atoms with van der Waals surface area (Å²) in [4.78, 5) is 25.8. The highest BCUT2D eigenvalue weighted by molar-refractivity contribution is 5.92. The molecule has 0 saturated carbocycles. The Morgan fingerprint density at radius 2 is 2.00 bits per heavy atom. The number of hydrogen-bond acceptors (Lipinski definition) is 3. The van der Waals surface area contributed by atoms with Crippen LogP contribution < -0.4 is 5.73 Å². The molecule has 1 atom stereocenters. The van der Waals surface area contributed by atoms with E-state index in [4.69, 9.17) is 10.5 Å². The summed E-state index contributed by atoms with van der Waals surface area (Å²) in [5.41, 5.74) is 7.00. The van der Waals surface area contributed by atoms with E-state index in [0.717, 1.165) is 44.3 Å². The molecule has 0 aliphatic carbocycles. The van der Waals surface area contributed by atoms with Gasteiger partial charge in [-0.2, -0.15) is 0 Å². The first-order valence-corrected chi connectivity index (χ1v) is 8.39. The molecule has 3 rings (SSSR count). The molecule has 1 aromatic rings. The molecule has 2 amide bonds. The van der Waals surface area contributed by atoms with E-state index in [0.29, 0.717) is 30.6 Å². The molecule has 0 aromatic heterocycles. The maximum atomic E-state index is 12.6. The Labute approximate surface area is 136 Å². The van der Waals surface area contributed by atoms with Crippen LogP contribution in [0.4, 0.5) is 0 Å². The summed E-state index contributed by atoms with van der Waals surface area (Å²) >= 11 is 0. The number of nitrogens with zero attached hydrogens (tertiary/aromatic N) is 1. The number of hydrogen-bond donors (Lipinski definition) is 1. The smallest absolute Gasteiger partial charge is 0.248 e. The van der Waals surface area contributed by atoms with E-state index in [9.17, 15) is 9.59 Å². The molecule has 0 spiro atoms. The summed E-state index contributed by atoms with van der Waals surface area (Å²) in [6.07, 6.45) is 3.61. The van der Waals surface area contributed by atoms with Crippen molar-refractivity contribution in [2.24, 2.45) is 17.6 Å². The predicted octanol–water partition coefficient (Wildman–Crippen LogP) is 1.60. The average molecular weight is 316 g/mol. The second-order valence-corrected chi connectivity index (χ2v) is 6.59. The van der Waals surface area contributed by atoms with Crippen molar-refractivity contribution in [1.29, 1.82) is 0 Å². The third kappa shape index (κ3) is 3.91. The van der Waals surface area contributed by atoms with Gasteiger partial charge >= 0.3 is 0 Å². The zero-order valence-electron chi connectivity index (χ0n) is 13.4. The van der Waals surface area contributed by atoms with Crippen LogP contribution in [0.25, 0.3) is 0 Å². The van der Waals surface area contributed by atoms with Gasteiger partial charge in [-0.05, 0) is 49.3 Å². The number of primary amides is 1. The van der Waals surface area contributed by atoms with E-state index in [1.165, 1.54) is 0 Å². The third-order valence-corrected chi connectivity index (χ3v) is 4.90. The molecule has 0 bridgehead atoms. The number of nitrogens with two attached hydrogens (primary N) is 1. The van der Waals surface area contributed by atoms with Gasteiger partial charge in [0.1, 0.15) is 0 Å². The van der Waals surface area contributed by atoms with Gasteiger partial charge in [0.2, 0.25) is 11.8 Å².